The van der Waals surface area contributed by atoms with Gasteiger partial charge < -0.3 is 20.3 Å². The van der Waals surface area contributed by atoms with Crippen molar-refractivity contribution in [1.29, 1.82) is 0 Å². The van der Waals surface area contributed by atoms with Crippen molar-refractivity contribution in [3.05, 3.63) is 15.6 Å². The van der Waals surface area contributed by atoms with Gasteiger partial charge in [-0.1, -0.05) is 6.92 Å². The molecule has 0 saturated heterocycles. The van der Waals surface area contributed by atoms with Crippen molar-refractivity contribution in [2.45, 2.75) is 60.1 Å². The second kappa shape index (κ2) is 12.4. The molecule has 27 heavy (non-hydrogen) atoms. The largest absolute Gasteiger partial charge is 0.444 e. The van der Waals surface area contributed by atoms with Crippen molar-refractivity contribution in [3.8, 4) is 0 Å². The number of carbonyl (C=O) groups is 1. The average molecular weight is 511 g/mol. The molecule has 1 amide bonds. The Hall–Kier alpha value is -1.10. The number of amides is 1. The topological polar surface area (TPSA) is 78.9 Å². The highest BCUT2D eigenvalue weighted by atomic mass is 127. The van der Waals surface area contributed by atoms with Gasteiger partial charge in [-0.25, -0.2) is 9.78 Å². The number of nitrogens with one attached hydrogen (secondary N) is 2. The fourth-order valence-electron chi connectivity index (χ4n) is 2.19. The summed E-state index contributed by atoms with van der Waals surface area (Å²) >= 11 is 1.69. The number of halogens is 1. The maximum absolute atomic E-state index is 12.3. The summed E-state index contributed by atoms with van der Waals surface area (Å²) in [5.41, 5.74) is 0.584. The number of guanidine groups is 1. The first kappa shape index (κ1) is 25.9. The third-order valence-electron chi connectivity index (χ3n) is 3.52. The highest BCUT2D eigenvalue weighted by Gasteiger charge is 2.21. The fourth-order valence-corrected chi connectivity index (χ4v) is 3.07. The van der Waals surface area contributed by atoms with Crippen molar-refractivity contribution in [2.75, 3.05) is 26.7 Å². The Balaban J connectivity index is 0.00000676. The number of hydrogen-bond acceptors (Lipinski definition) is 5. The monoisotopic (exact) mass is 511 g/mol. The van der Waals surface area contributed by atoms with E-state index in [4.69, 9.17) is 4.74 Å². The van der Waals surface area contributed by atoms with E-state index in [1.165, 1.54) is 4.88 Å². The normalized spacial score (nSPS) is 11.6. The molecule has 156 valence electrons. The molecular weight excluding hydrogens is 477 g/mol. The van der Waals surface area contributed by atoms with E-state index in [-0.39, 0.29) is 30.1 Å². The second-order valence-electron chi connectivity index (χ2n) is 7.07. The molecular formula is C18H34IN5O2S. The average Bonchev–Trinajstić information content (AvgIpc) is 2.86. The molecule has 1 heterocycles. The Labute approximate surface area is 184 Å². The van der Waals surface area contributed by atoms with E-state index in [0.29, 0.717) is 32.1 Å². The van der Waals surface area contributed by atoms with Crippen molar-refractivity contribution in [1.82, 2.24) is 20.5 Å². The number of aryl methyl sites for hydroxylation is 2. The summed E-state index contributed by atoms with van der Waals surface area (Å²) in [4.78, 5) is 23.9. The molecule has 0 aromatic carbocycles. The molecule has 0 aliphatic rings. The minimum Gasteiger partial charge on any atom is -0.444 e. The SMILES string of the molecule is CCCN(CCNC(=NC)NCc1nc(C)c(C)s1)C(=O)OC(C)(C)C.I. The molecule has 0 radical (unpaired) electrons. The zero-order valence-electron chi connectivity index (χ0n) is 17.5. The molecule has 0 bridgehead atoms. The van der Waals surface area contributed by atoms with E-state index in [2.05, 4.69) is 27.5 Å². The minimum absolute atomic E-state index is 0. The highest BCUT2D eigenvalue weighted by Crippen LogP contribution is 2.15. The molecule has 0 unspecified atom stereocenters. The quantitative estimate of drug-likeness (QED) is 0.332. The third-order valence-corrected chi connectivity index (χ3v) is 4.60. The van der Waals surface area contributed by atoms with Gasteiger partial charge in [0.2, 0.25) is 0 Å². The van der Waals surface area contributed by atoms with Gasteiger partial charge in [-0.05, 0) is 41.0 Å². The van der Waals surface area contributed by atoms with E-state index in [9.17, 15) is 4.79 Å². The highest BCUT2D eigenvalue weighted by molar-refractivity contribution is 14.0. The molecule has 0 spiro atoms. The van der Waals surface area contributed by atoms with Gasteiger partial charge in [0.15, 0.2) is 5.96 Å². The van der Waals surface area contributed by atoms with E-state index >= 15 is 0 Å². The van der Waals surface area contributed by atoms with Crippen LogP contribution >= 0.6 is 35.3 Å². The van der Waals surface area contributed by atoms with Crippen molar-refractivity contribution in [3.63, 3.8) is 0 Å². The summed E-state index contributed by atoms with van der Waals surface area (Å²) in [5.74, 6) is 0.691. The van der Waals surface area contributed by atoms with Gasteiger partial charge in [0.05, 0.1) is 12.2 Å². The number of aromatic nitrogens is 1. The van der Waals surface area contributed by atoms with E-state index in [1.807, 2.05) is 34.6 Å². The predicted molar refractivity (Wildman–Crippen MR) is 123 cm³/mol. The van der Waals surface area contributed by atoms with Crippen molar-refractivity contribution < 1.29 is 9.53 Å². The summed E-state index contributed by atoms with van der Waals surface area (Å²) in [6.45, 7) is 14.2. The molecule has 0 fully saturated rings. The Morgan fingerprint density at radius 3 is 2.41 bits per heavy atom. The lowest BCUT2D eigenvalue weighted by molar-refractivity contribution is 0.0253. The van der Waals surface area contributed by atoms with Gasteiger partial charge >= 0.3 is 6.09 Å². The first-order valence-electron chi connectivity index (χ1n) is 9.01. The number of ether oxygens (including phenoxy) is 1. The summed E-state index contributed by atoms with van der Waals surface area (Å²) in [6.07, 6.45) is 0.604. The van der Waals surface area contributed by atoms with Crippen LogP contribution in [0.1, 0.15) is 49.7 Å². The Bertz CT molecular complexity index is 594. The first-order chi connectivity index (χ1) is 12.2. The zero-order chi connectivity index (χ0) is 19.7. The molecule has 0 atom stereocenters. The number of rotatable bonds is 7. The standard InChI is InChI=1S/C18H33N5O2S.HI/c1-8-10-23(17(24)25-18(4,5)6)11-9-20-16(19-7)21-12-15-22-13(2)14(3)26-15;/h8-12H2,1-7H3,(H2,19,20,21);1H. The predicted octanol–water partition coefficient (Wildman–Crippen LogP) is 3.69. The van der Waals surface area contributed by atoms with Crippen LogP contribution < -0.4 is 10.6 Å². The number of carbonyl (C=O) groups excluding carboxylic acids is 1. The van der Waals surface area contributed by atoms with Crippen LogP contribution in [-0.4, -0.2) is 54.2 Å². The van der Waals surface area contributed by atoms with Gasteiger partial charge in [0.1, 0.15) is 10.6 Å². The zero-order valence-corrected chi connectivity index (χ0v) is 20.7. The maximum Gasteiger partial charge on any atom is 0.410 e. The van der Waals surface area contributed by atoms with E-state index < -0.39 is 5.60 Å². The lowest BCUT2D eigenvalue weighted by Crippen LogP contribution is -2.44. The molecule has 1 rings (SSSR count). The van der Waals surface area contributed by atoms with Crippen LogP contribution in [0.4, 0.5) is 4.79 Å². The van der Waals surface area contributed by atoms with E-state index in [0.717, 1.165) is 17.1 Å². The minimum atomic E-state index is -0.488. The van der Waals surface area contributed by atoms with Gasteiger partial charge in [-0.2, -0.15) is 0 Å². The summed E-state index contributed by atoms with van der Waals surface area (Å²) in [5, 5.41) is 7.52. The Kier molecular flexibility index (Phi) is 11.9. The molecule has 2 N–H and O–H groups in total. The lowest BCUT2D eigenvalue weighted by atomic mass is 10.2. The van der Waals surface area contributed by atoms with Crippen LogP contribution in [0, 0.1) is 13.8 Å². The van der Waals surface area contributed by atoms with E-state index in [1.54, 1.807) is 23.3 Å². The van der Waals surface area contributed by atoms with Crippen molar-refractivity contribution in [2.24, 2.45) is 4.99 Å². The smallest absolute Gasteiger partial charge is 0.410 e. The molecule has 1 aromatic heterocycles. The molecule has 0 saturated carbocycles. The van der Waals surface area contributed by atoms with Gasteiger partial charge in [-0.3, -0.25) is 4.99 Å². The first-order valence-corrected chi connectivity index (χ1v) is 9.83. The summed E-state index contributed by atoms with van der Waals surface area (Å²) < 4.78 is 5.46. The molecule has 1 aromatic rings. The third kappa shape index (κ3) is 10.1. The number of aliphatic imine (C=N–C) groups is 1. The molecule has 0 aliphatic carbocycles. The second-order valence-corrected chi connectivity index (χ2v) is 8.36. The Morgan fingerprint density at radius 1 is 1.26 bits per heavy atom. The van der Waals surface area contributed by atoms with Gasteiger partial charge in [0, 0.05) is 31.6 Å². The molecule has 9 heteroatoms. The molecule has 7 nitrogen and oxygen atoms in total. The number of thiazole rings is 1. The van der Waals surface area contributed by atoms with Crippen LogP contribution in [0.2, 0.25) is 0 Å². The maximum atomic E-state index is 12.3. The van der Waals surface area contributed by atoms with Crippen LogP contribution in [0.25, 0.3) is 0 Å². The number of hydrogen-bond donors (Lipinski definition) is 2. The molecule has 0 aliphatic heterocycles. The van der Waals surface area contributed by atoms with Gasteiger partial charge in [-0.15, -0.1) is 35.3 Å². The van der Waals surface area contributed by atoms with Crippen LogP contribution in [0.3, 0.4) is 0 Å². The summed E-state index contributed by atoms with van der Waals surface area (Å²) in [6, 6.07) is 0. The van der Waals surface area contributed by atoms with Crippen LogP contribution in [-0.2, 0) is 11.3 Å². The number of nitrogens with zero attached hydrogens (tertiary/aromatic N) is 3. The summed E-state index contributed by atoms with van der Waals surface area (Å²) in [7, 11) is 1.73. The Morgan fingerprint density at radius 2 is 1.93 bits per heavy atom. The lowest BCUT2D eigenvalue weighted by Gasteiger charge is -2.27. The van der Waals surface area contributed by atoms with Gasteiger partial charge in [0.25, 0.3) is 0 Å². The van der Waals surface area contributed by atoms with Crippen LogP contribution in [0.5, 0.6) is 0 Å². The fraction of sp³-hybridized carbons (Fsp3) is 0.722. The van der Waals surface area contributed by atoms with Crippen molar-refractivity contribution >= 4 is 47.4 Å². The van der Waals surface area contributed by atoms with Crippen LogP contribution in [0.15, 0.2) is 4.99 Å².